The van der Waals surface area contributed by atoms with Crippen LogP contribution < -0.4 is 5.43 Å². The summed E-state index contributed by atoms with van der Waals surface area (Å²) in [4.78, 5) is 4.34. The zero-order valence-corrected chi connectivity index (χ0v) is 10.7. The molecular formula is C12H9N5S. The molecule has 1 aromatic heterocycles. The predicted octanol–water partition coefficient (Wildman–Crippen LogP) is 2.73. The fourth-order valence-corrected chi connectivity index (χ4v) is 2.29. The summed E-state index contributed by atoms with van der Waals surface area (Å²) in [6.45, 7) is 4.08. The molecule has 5 nitrogen and oxygen atoms in total. The quantitative estimate of drug-likeness (QED) is 0.660. The molecule has 0 radical (unpaired) electrons. The number of fused-ring (bicyclic) bond motifs is 1. The summed E-state index contributed by atoms with van der Waals surface area (Å²) >= 11 is 1.43. The second-order valence-electron chi connectivity index (χ2n) is 3.72. The van der Waals surface area contributed by atoms with Gasteiger partial charge in [0.2, 0.25) is 10.8 Å². The van der Waals surface area contributed by atoms with Crippen molar-refractivity contribution >= 4 is 32.4 Å². The molecule has 18 heavy (non-hydrogen) atoms. The molecule has 0 unspecified atom stereocenters. The summed E-state index contributed by atoms with van der Waals surface area (Å²) < 4.78 is 1.05. The third-order valence-corrected chi connectivity index (χ3v) is 3.40. The molecule has 2 rings (SSSR count). The smallest absolute Gasteiger partial charge is 0.237 e. The van der Waals surface area contributed by atoms with Crippen LogP contribution in [0.5, 0.6) is 0 Å². The summed E-state index contributed by atoms with van der Waals surface area (Å²) in [5.41, 5.74) is 5.67. The van der Waals surface area contributed by atoms with E-state index < -0.39 is 0 Å². The molecule has 2 aromatic rings. The molecule has 0 aliphatic heterocycles. The van der Waals surface area contributed by atoms with Gasteiger partial charge in [-0.15, -0.1) is 0 Å². The highest BCUT2D eigenvalue weighted by Crippen LogP contribution is 2.28. The second-order valence-corrected chi connectivity index (χ2v) is 4.75. The van der Waals surface area contributed by atoms with Crippen molar-refractivity contribution in [2.75, 3.05) is 5.43 Å². The van der Waals surface area contributed by atoms with Crippen LogP contribution in [0.1, 0.15) is 11.1 Å². The maximum Gasteiger partial charge on any atom is 0.237 e. The maximum atomic E-state index is 8.56. The van der Waals surface area contributed by atoms with Crippen molar-refractivity contribution < 1.29 is 0 Å². The van der Waals surface area contributed by atoms with E-state index in [1.165, 1.54) is 22.5 Å². The zero-order chi connectivity index (χ0) is 13.1. The average molecular weight is 255 g/mol. The van der Waals surface area contributed by atoms with Crippen molar-refractivity contribution in [2.45, 2.75) is 13.8 Å². The third-order valence-electron chi connectivity index (χ3n) is 2.48. The Hall–Kier alpha value is -2.44. The van der Waals surface area contributed by atoms with E-state index in [4.69, 9.17) is 10.5 Å². The number of nitrogens with zero attached hydrogens (tertiary/aromatic N) is 4. The standard InChI is InChI=1S/C12H9N5S/c1-7-3-10-11(4-8(7)2)18-12(15-10)17-16-9(5-13)6-14/h3-4H,1-2H3,(H,15,17). The van der Waals surface area contributed by atoms with E-state index in [0.29, 0.717) is 5.13 Å². The Balaban J connectivity index is 2.35. The van der Waals surface area contributed by atoms with Crippen molar-refractivity contribution in [3.05, 3.63) is 23.3 Å². The highest BCUT2D eigenvalue weighted by atomic mass is 32.1. The number of hydrogen-bond donors (Lipinski definition) is 1. The van der Waals surface area contributed by atoms with Gasteiger partial charge in [-0.3, -0.25) is 5.43 Å². The van der Waals surface area contributed by atoms with Gasteiger partial charge in [-0.25, -0.2) is 4.98 Å². The number of benzene rings is 1. The molecule has 88 valence electrons. The topological polar surface area (TPSA) is 84.9 Å². The van der Waals surface area contributed by atoms with Crippen LogP contribution in [-0.2, 0) is 0 Å². The molecular weight excluding hydrogens is 246 g/mol. The lowest BCUT2D eigenvalue weighted by molar-refractivity contribution is 1.29. The Labute approximate surface area is 108 Å². The summed E-state index contributed by atoms with van der Waals surface area (Å²) in [7, 11) is 0. The predicted molar refractivity (Wildman–Crippen MR) is 71.4 cm³/mol. The van der Waals surface area contributed by atoms with Crippen molar-refractivity contribution in [1.82, 2.24) is 4.98 Å². The Morgan fingerprint density at radius 2 is 1.94 bits per heavy atom. The second kappa shape index (κ2) is 4.82. The van der Waals surface area contributed by atoms with Crippen LogP contribution in [-0.4, -0.2) is 10.7 Å². The van der Waals surface area contributed by atoms with E-state index in [2.05, 4.69) is 21.6 Å². The summed E-state index contributed by atoms with van der Waals surface area (Å²) in [5.74, 6) is 0. The van der Waals surface area contributed by atoms with E-state index in [-0.39, 0.29) is 5.71 Å². The Morgan fingerprint density at radius 3 is 2.61 bits per heavy atom. The number of anilines is 1. The lowest BCUT2D eigenvalue weighted by atomic mass is 10.1. The van der Waals surface area contributed by atoms with Gasteiger partial charge in [-0.2, -0.15) is 15.6 Å². The normalized spacial score (nSPS) is 9.56. The molecule has 6 heteroatoms. The minimum atomic E-state index is -0.221. The molecule has 0 saturated carbocycles. The van der Waals surface area contributed by atoms with Crippen LogP contribution >= 0.6 is 11.3 Å². The third kappa shape index (κ3) is 2.29. The van der Waals surface area contributed by atoms with Gasteiger partial charge in [0, 0.05) is 0 Å². The van der Waals surface area contributed by atoms with Crippen LogP contribution in [0, 0.1) is 36.5 Å². The summed E-state index contributed by atoms with van der Waals surface area (Å²) in [6, 6.07) is 7.42. The Morgan fingerprint density at radius 1 is 1.28 bits per heavy atom. The number of aryl methyl sites for hydroxylation is 2. The maximum absolute atomic E-state index is 8.56. The van der Waals surface area contributed by atoms with Crippen LogP contribution in [0.15, 0.2) is 17.2 Å². The van der Waals surface area contributed by atoms with Crippen molar-refractivity contribution in [1.29, 1.82) is 10.5 Å². The minimum absolute atomic E-state index is 0.221. The molecule has 0 aliphatic carbocycles. The van der Waals surface area contributed by atoms with Gasteiger partial charge in [0.15, 0.2) is 0 Å². The Kier molecular flexibility index (Phi) is 3.22. The van der Waals surface area contributed by atoms with Gasteiger partial charge >= 0.3 is 0 Å². The first kappa shape index (κ1) is 12.0. The van der Waals surface area contributed by atoms with Gasteiger partial charge in [-0.1, -0.05) is 11.3 Å². The molecule has 1 heterocycles. The molecule has 0 fully saturated rings. The van der Waals surface area contributed by atoms with Crippen molar-refractivity contribution in [3.63, 3.8) is 0 Å². The first-order valence-electron chi connectivity index (χ1n) is 5.15. The largest absolute Gasteiger partial charge is 0.251 e. The molecule has 1 aromatic carbocycles. The molecule has 0 amide bonds. The number of aromatic nitrogens is 1. The van der Waals surface area contributed by atoms with Gasteiger partial charge in [-0.05, 0) is 37.1 Å². The average Bonchev–Trinajstić information content (AvgIpc) is 2.73. The first-order valence-corrected chi connectivity index (χ1v) is 5.97. The molecule has 0 atom stereocenters. The number of thiazole rings is 1. The number of hydrazone groups is 1. The lowest BCUT2D eigenvalue weighted by Gasteiger charge is -1.96. The number of hydrogen-bond acceptors (Lipinski definition) is 6. The van der Waals surface area contributed by atoms with Crippen LogP contribution in [0.2, 0.25) is 0 Å². The van der Waals surface area contributed by atoms with Crippen molar-refractivity contribution in [2.24, 2.45) is 5.10 Å². The zero-order valence-electron chi connectivity index (χ0n) is 9.85. The molecule has 0 aliphatic rings. The van der Waals surface area contributed by atoms with Crippen LogP contribution in [0.25, 0.3) is 10.2 Å². The van der Waals surface area contributed by atoms with Gasteiger partial charge in [0.05, 0.1) is 10.2 Å². The van der Waals surface area contributed by atoms with Gasteiger partial charge in [0.25, 0.3) is 0 Å². The first-order chi connectivity index (χ1) is 8.63. The van der Waals surface area contributed by atoms with E-state index in [0.717, 1.165) is 10.2 Å². The highest BCUT2D eigenvalue weighted by Gasteiger charge is 2.05. The summed E-state index contributed by atoms with van der Waals surface area (Å²) in [6.07, 6.45) is 0. The van der Waals surface area contributed by atoms with Crippen LogP contribution in [0.3, 0.4) is 0 Å². The molecule has 0 saturated heterocycles. The van der Waals surface area contributed by atoms with E-state index in [1.54, 1.807) is 12.1 Å². The molecule has 1 N–H and O–H groups in total. The fraction of sp³-hybridized carbons (Fsp3) is 0.167. The van der Waals surface area contributed by atoms with Crippen molar-refractivity contribution in [3.8, 4) is 12.1 Å². The highest BCUT2D eigenvalue weighted by molar-refractivity contribution is 7.22. The molecule has 0 bridgehead atoms. The molecule has 0 spiro atoms. The van der Waals surface area contributed by atoms with Crippen LogP contribution in [0.4, 0.5) is 5.13 Å². The Bertz CT molecular complexity index is 659. The van der Waals surface area contributed by atoms with E-state index in [1.807, 2.05) is 19.9 Å². The number of nitriles is 2. The van der Waals surface area contributed by atoms with E-state index in [9.17, 15) is 0 Å². The fourth-order valence-electron chi connectivity index (χ4n) is 1.41. The monoisotopic (exact) mass is 255 g/mol. The lowest BCUT2D eigenvalue weighted by Crippen LogP contribution is -1.95. The van der Waals surface area contributed by atoms with Gasteiger partial charge in [0.1, 0.15) is 12.1 Å². The summed E-state index contributed by atoms with van der Waals surface area (Å²) in [5, 5.41) is 21.3. The SMILES string of the molecule is Cc1cc2nc(NN=C(C#N)C#N)sc2cc1C. The number of nitrogens with one attached hydrogen (secondary N) is 1. The number of rotatable bonds is 2. The van der Waals surface area contributed by atoms with Gasteiger partial charge < -0.3 is 0 Å². The van der Waals surface area contributed by atoms with E-state index >= 15 is 0 Å². The minimum Gasteiger partial charge on any atom is -0.251 e.